The molecule has 37 heavy (non-hydrogen) atoms. The van der Waals surface area contributed by atoms with E-state index in [2.05, 4.69) is 30.7 Å². The van der Waals surface area contributed by atoms with E-state index in [1.807, 2.05) is 47.2 Å². The number of pyridine rings is 1. The molecule has 9 heteroatoms. The summed E-state index contributed by atoms with van der Waals surface area (Å²) in [5, 5.41) is 8.93. The van der Waals surface area contributed by atoms with Crippen molar-refractivity contribution in [3.63, 3.8) is 0 Å². The van der Waals surface area contributed by atoms with Crippen molar-refractivity contribution in [3.8, 4) is 0 Å². The Morgan fingerprint density at radius 2 is 2.00 bits per heavy atom. The number of benzene rings is 1. The molecule has 0 radical (unpaired) electrons. The fraction of sp³-hybridized carbons (Fsp3) is 0.393. The molecule has 0 aliphatic carbocycles. The van der Waals surface area contributed by atoms with Crippen molar-refractivity contribution in [1.82, 2.24) is 4.98 Å². The molecule has 2 aromatic heterocycles. The second kappa shape index (κ2) is 10.5. The van der Waals surface area contributed by atoms with E-state index in [9.17, 15) is 13.2 Å². The number of unbranched alkanes of at least 4 members (excludes halogenated alkanes) is 2. The van der Waals surface area contributed by atoms with Crippen molar-refractivity contribution in [2.24, 2.45) is 0 Å². The minimum Gasteiger partial charge on any atom is -0.481 e. The first-order valence-corrected chi connectivity index (χ1v) is 14.4. The van der Waals surface area contributed by atoms with Crippen LogP contribution in [0.3, 0.4) is 0 Å². The molecule has 0 bridgehead atoms. The van der Waals surface area contributed by atoms with Gasteiger partial charge in [0.1, 0.15) is 0 Å². The molecule has 1 aliphatic heterocycles. The first-order valence-electron chi connectivity index (χ1n) is 12.5. The molecule has 0 fully saturated rings. The Morgan fingerprint density at radius 1 is 1.22 bits per heavy atom. The summed E-state index contributed by atoms with van der Waals surface area (Å²) in [6, 6.07) is 9.13. The molecular formula is C28H34N3O5S+. The number of aromatic nitrogens is 2. The van der Waals surface area contributed by atoms with E-state index in [1.165, 1.54) is 6.26 Å². The molecule has 0 unspecified atom stereocenters. The lowest BCUT2D eigenvalue weighted by molar-refractivity contribution is -0.669. The van der Waals surface area contributed by atoms with Gasteiger partial charge in [0.25, 0.3) is 0 Å². The number of sulfone groups is 1. The average Bonchev–Trinajstić information content (AvgIpc) is 3.34. The molecule has 3 heterocycles. The maximum absolute atomic E-state index is 12.2. The largest absolute Gasteiger partial charge is 0.481 e. The predicted molar refractivity (Wildman–Crippen MR) is 143 cm³/mol. The Labute approximate surface area is 217 Å². The van der Waals surface area contributed by atoms with E-state index in [1.54, 1.807) is 12.1 Å². The van der Waals surface area contributed by atoms with Crippen LogP contribution < -0.4 is 9.47 Å². The van der Waals surface area contributed by atoms with Crippen LogP contribution in [0.2, 0.25) is 0 Å². The summed E-state index contributed by atoms with van der Waals surface area (Å²) in [6.07, 6.45) is 11.4. The van der Waals surface area contributed by atoms with Crippen molar-refractivity contribution in [3.05, 3.63) is 65.8 Å². The first kappa shape index (κ1) is 26.6. The highest BCUT2D eigenvalue weighted by atomic mass is 32.2. The third-order valence-corrected chi connectivity index (χ3v) is 7.94. The highest BCUT2D eigenvalue weighted by Crippen LogP contribution is 2.48. The zero-order valence-corrected chi connectivity index (χ0v) is 22.6. The van der Waals surface area contributed by atoms with Crippen LogP contribution in [0.4, 0.5) is 5.69 Å². The second-order valence-corrected chi connectivity index (χ2v) is 11.9. The van der Waals surface area contributed by atoms with Crippen LogP contribution in [0.1, 0.15) is 57.9 Å². The van der Waals surface area contributed by atoms with Crippen LogP contribution in [0, 0.1) is 0 Å². The van der Waals surface area contributed by atoms with Gasteiger partial charge in [-0.3, -0.25) is 4.79 Å². The van der Waals surface area contributed by atoms with Gasteiger partial charge in [0, 0.05) is 47.1 Å². The third kappa shape index (κ3) is 5.61. The van der Waals surface area contributed by atoms with E-state index < -0.39 is 21.2 Å². The summed E-state index contributed by atoms with van der Waals surface area (Å²) < 4.78 is 32.4. The fourth-order valence-corrected chi connectivity index (χ4v) is 5.50. The molecule has 3 aromatic rings. The normalized spacial score (nSPS) is 16.2. The molecule has 1 N–H and O–H groups in total. The zero-order valence-electron chi connectivity index (χ0n) is 21.8. The molecule has 0 saturated heterocycles. The molecule has 0 amide bonds. The number of aryl methyl sites for hydroxylation is 1. The number of hydrogen-bond acceptors (Lipinski definition) is 6. The van der Waals surface area contributed by atoms with Crippen LogP contribution in [-0.2, 0) is 26.6 Å². The van der Waals surface area contributed by atoms with Gasteiger partial charge in [-0.2, -0.15) is 0 Å². The molecule has 0 spiro atoms. The number of anilines is 1. The smallest absolute Gasteiger partial charge is 0.370 e. The number of oxazole rings is 1. The molecule has 1 aliphatic rings. The number of hydrogen-bond donors (Lipinski definition) is 1. The standard InChI is InChI=1S/C28H33N3O5S/c1-5-30-17-10-11-23-27(30)29-25(36-23)13-9-12-24-28(2,3)21-19-20(37(4,34)35)15-16-22(21)31(24)18-8-6-7-14-26(32)33/h9-13,15-17,19H,5-8,14,18H2,1-4H3/p+1. The van der Waals surface area contributed by atoms with Gasteiger partial charge in [-0.15, -0.1) is 0 Å². The van der Waals surface area contributed by atoms with Crippen molar-refractivity contribution in [2.45, 2.75) is 63.3 Å². The molecule has 8 nitrogen and oxygen atoms in total. The van der Waals surface area contributed by atoms with Crippen molar-refractivity contribution < 1.29 is 27.3 Å². The number of nitrogens with zero attached hydrogens (tertiary/aromatic N) is 3. The number of allylic oxidation sites excluding steroid dienone is 3. The monoisotopic (exact) mass is 524 g/mol. The number of rotatable bonds is 10. The van der Waals surface area contributed by atoms with E-state index in [0.717, 1.165) is 47.6 Å². The van der Waals surface area contributed by atoms with Crippen molar-refractivity contribution in [2.75, 3.05) is 17.7 Å². The molecular weight excluding hydrogens is 490 g/mol. The summed E-state index contributed by atoms with van der Waals surface area (Å²) in [6.45, 7) is 7.73. The zero-order chi connectivity index (χ0) is 26.8. The summed E-state index contributed by atoms with van der Waals surface area (Å²) in [4.78, 5) is 18.0. The van der Waals surface area contributed by atoms with Crippen LogP contribution in [-0.4, -0.2) is 37.3 Å². The quantitative estimate of drug-likeness (QED) is 0.298. The van der Waals surface area contributed by atoms with E-state index in [-0.39, 0.29) is 6.42 Å². The third-order valence-electron chi connectivity index (χ3n) is 6.83. The van der Waals surface area contributed by atoms with Crippen LogP contribution in [0.25, 0.3) is 17.3 Å². The Morgan fingerprint density at radius 3 is 2.70 bits per heavy atom. The number of carboxylic acids is 1. The molecule has 1 aromatic carbocycles. The van der Waals surface area contributed by atoms with E-state index in [4.69, 9.17) is 9.52 Å². The van der Waals surface area contributed by atoms with Crippen molar-refractivity contribution >= 4 is 38.8 Å². The van der Waals surface area contributed by atoms with Crippen LogP contribution in [0.5, 0.6) is 0 Å². The first-order chi connectivity index (χ1) is 17.5. The SMILES string of the molecule is CC[n+]1cccc2oc(/C=C/C=C3/N(CCCCCC(=O)O)c4ccc(S(C)(=O)=O)cc4C3(C)C)nc21. The summed E-state index contributed by atoms with van der Waals surface area (Å²) in [5.74, 6) is -0.275. The average molecular weight is 525 g/mol. The van der Waals surface area contributed by atoms with Gasteiger partial charge in [0.15, 0.2) is 9.84 Å². The molecule has 196 valence electrons. The van der Waals surface area contributed by atoms with Crippen LogP contribution in [0.15, 0.2) is 63.7 Å². The van der Waals surface area contributed by atoms with Gasteiger partial charge in [-0.1, -0.05) is 26.3 Å². The van der Waals surface area contributed by atoms with Gasteiger partial charge in [-0.05, 0) is 61.7 Å². The number of carboxylic acid groups (broad SMARTS) is 1. The number of carbonyl (C=O) groups is 1. The predicted octanol–water partition coefficient (Wildman–Crippen LogP) is 4.88. The van der Waals surface area contributed by atoms with Crippen LogP contribution >= 0.6 is 0 Å². The topological polar surface area (TPSA) is 105 Å². The molecule has 4 rings (SSSR count). The molecule has 0 atom stereocenters. The Kier molecular flexibility index (Phi) is 7.54. The lowest BCUT2D eigenvalue weighted by Gasteiger charge is -2.27. The van der Waals surface area contributed by atoms with E-state index >= 15 is 0 Å². The summed E-state index contributed by atoms with van der Waals surface area (Å²) >= 11 is 0. The lowest BCUT2D eigenvalue weighted by Crippen LogP contribution is -2.32. The fourth-order valence-electron chi connectivity index (χ4n) is 4.86. The van der Waals surface area contributed by atoms with E-state index in [0.29, 0.717) is 23.8 Å². The minimum atomic E-state index is -3.34. The van der Waals surface area contributed by atoms with Gasteiger partial charge >= 0.3 is 17.5 Å². The Hall–Kier alpha value is -3.46. The Bertz CT molecular complexity index is 1480. The minimum absolute atomic E-state index is 0.160. The van der Waals surface area contributed by atoms with Gasteiger partial charge in [-0.25, -0.2) is 13.0 Å². The van der Waals surface area contributed by atoms with Gasteiger partial charge in [0.2, 0.25) is 5.58 Å². The lowest BCUT2D eigenvalue weighted by atomic mass is 9.83. The summed E-state index contributed by atoms with van der Waals surface area (Å²) in [5.41, 5.74) is 4.03. The highest BCUT2D eigenvalue weighted by Gasteiger charge is 2.40. The number of aliphatic carboxylic acids is 1. The molecule has 0 saturated carbocycles. The second-order valence-electron chi connectivity index (χ2n) is 9.88. The maximum atomic E-state index is 12.2. The highest BCUT2D eigenvalue weighted by molar-refractivity contribution is 7.90. The van der Waals surface area contributed by atoms with Gasteiger partial charge < -0.3 is 14.4 Å². The van der Waals surface area contributed by atoms with Gasteiger partial charge in [0.05, 0.1) is 17.6 Å². The van der Waals surface area contributed by atoms with Crippen molar-refractivity contribution in [1.29, 1.82) is 0 Å². The Balaban J connectivity index is 1.66. The maximum Gasteiger partial charge on any atom is 0.370 e. The number of fused-ring (bicyclic) bond motifs is 2. The summed E-state index contributed by atoms with van der Waals surface area (Å²) in [7, 11) is -3.34.